The van der Waals surface area contributed by atoms with Crippen LogP contribution in [-0.2, 0) is 19.3 Å². The predicted octanol–water partition coefficient (Wildman–Crippen LogP) is 2.46. The Morgan fingerprint density at radius 1 is 1.07 bits per heavy atom. The molecule has 1 aliphatic rings. The van der Waals surface area contributed by atoms with Crippen molar-refractivity contribution in [3.63, 3.8) is 0 Å². The summed E-state index contributed by atoms with van der Waals surface area (Å²) in [5, 5.41) is 0.535. The Bertz CT molecular complexity index is 1180. The Kier molecular flexibility index (Phi) is 4.35. The number of rotatable bonds is 3. The van der Waals surface area contributed by atoms with Crippen molar-refractivity contribution in [3.05, 3.63) is 48.3 Å². The smallest absolute Gasteiger partial charge is 0.399 e. The molecule has 3 heterocycles. The number of nitrogens with two attached hydrogens (primary N) is 1. The van der Waals surface area contributed by atoms with Crippen molar-refractivity contribution in [3.8, 4) is 0 Å². The SMILES string of the molecule is Cc1ccc(S(=O)(=O)n2cc(N)c3cc(B4OC(C)(C)C(C)(C)O4)cnc32)cc1. The van der Waals surface area contributed by atoms with Gasteiger partial charge in [-0.15, -0.1) is 0 Å². The standard InChI is InChI=1S/C20H24BN3O4S/c1-13-6-8-15(9-7-13)29(25,26)24-12-17(22)16-10-14(11-23-18(16)24)21-27-19(2,3)20(4,5)28-21/h6-12H,22H2,1-5H3. The Morgan fingerprint density at radius 3 is 2.24 bits per heavy atom. The number of fused-ring (bicyclic) bond motifs is 1. The first-order chi connectivity index (χ1) is 13.4. The van der Waals surface area contributed by atoms with Crippen molar-refractivity contribution in [2.24, 2.45) is 0 Å². The number of nitrogens with zero attached hydrogens (tertiary/aromatic N) is 2. The highest BCUT2D eigenvalue weighted by atomic mass is 32.2. The van der Waals surface area contributed by atoms with Crippen LogP contribution >= 0.6 is 0 Å². The van der Waals surface area contributed by atoms with Gasteiger partial charge in [-0.1, -0.05) is 17.7 Å². The van der Waals surface area contributed by atoms with Gasteiger partial charge < -0.3 is 15.0 Å². The zero-order chi connectivity index (χ0) is 21.2. The fraction of sp³-hybridized carbons (Fsp3) is 0.350. The minimum absolute atomic E-state index is 0.178. The highest BCUT2D eigenvalue weighted by Gasteiger charge is 2.51. The van der Waals surface area contributed by atoms with Gasteiger partial charge in [0.1, 0.15) is 0 Å². The van der Waals surface area contributed by atoms with E-state index in [0.717, 1.165) is 9.54 Å². The van der Waals surface area contributed by atoms with Gasteiger partial charge in [-0.2, -0.15) is 0 Å². The second-order valence-electron chi connectivity index (χ2n) is 8.43. The first-order valence-electron chi connectivity index (χ1n) is 9.37. The van der Waals surface area contributed by atoms with Crippen LogP contribution in [0.5, 0.6) is 0 Å². The molecule has 1 fully saturated rings. The number of pyridine rings is 1. The van der Waals surface area contributed by atoms with Gasteiger partial charge in [0.05, 0.1) is 21.8 Å². The average molecular weight is 413 g/mol. The number of benzene rings is 1. The lowest BCUT2D eigenvalue weighted by Gasteiger charge is -2.32. The maximum Gasteiger partial charge on any atom is 0.496 e. The summed E-state index contributed by atoms with van der Waals surface area (Å²) in [5.74, 6) is 0. The van der Waals surface area contributed by atoms with Crippen molar-refractivity contribution < 1.29 is 17.7 Å². The van der Waals surface area contributed by atoms with Crippen LogP contribution in [0.3, 0.4) is 0 Å². The molecule has 0 amide bonds. The second-order valence-corrected chi connectivity index (χ2v) is 10.2. The van der Waals surface area contributed by atoms with Crippen LogP contribution in [0.1, 0.15) is 33.3 Å². The van der Waals surface area contributed by atoms with Crippen molar-refractivity contribution in [2.75, 3.05) is 5.73 Å². The Balaban J connectivity index is 1.78. The largest absolute Gasteiger partial charge is 0.496 e. The van der Waals surface area contributed by atoms with Crippen LogP contribution in [0.15, 0.2) is 47.6 Å². The Morgan fingerprint density at radius 2 is 1.66 bits per heavy atom. The summed E-state index contributed by atoms with van der Waals surface area (Å²) in [6.45, 7) is 9.78. The third-order valence-electron chi connectivity index (χ3n) is 5.77. The molecule has 3 aromatic rings. The van der Waals surface area contributed by atoms with Gasteiger partial charge in [-0.3, -0.25) is 0 Å². The van der Waals surface area contributed by atoms with E-state index in [1.54, 1.807) is 36.5 Å². The lowest BCUT2D eigenvalue weighted by Crippen LogP contribution is -2.41. The summed E-state index contributed by atoms with van der Waals surface area (Å²) < 4.78 is 39.5. The molecule has 29 heavy (non-hydrogen) atoms. The zero-order valence-electron chi connectivity index (χ0n) is 17.1. The van der Waals surface area contributed by atoms with Crippen LogP contribution in [0.4, 0.5) is 5.69 Å². The van der Waals surface area contributed by atoms with E-state index in [2.05, 4.69) is 4.98 Å². The van der Waals surface area contributed by atoms with E-state index in [-0.39, 0.29) is 10.5 Å². The Labute approximate surface area is 171 Å². The molecule has 0 radical (unpaired) electrons. The Hall–Kier alpha value is -2.36. The normalized spacial score (nSPS) is 18.4. The monoisotopic (exact) mass is 413 g/mol. The molecule has 2 N–H and O–H groups in total. The van der Waals surface area contributed by atoms with E-state index in [0.29, 0.717) is 16.5 Å². The highest BCUT2D eigenvalue weighted by molar-refractivity contribution is 7.90. The molecule has 0 atom stereocenters. The van der Waals surface area contributed by atoms with Crippen molar-refractivity contribution in [1.29, 1.82) is 0 Å². The summed E-state index contributed by atoms with van der Waals surface area (Å²) in [4.78, 5) is 4.57. The number of anilines is 1. The molecule has 1 aromatic carbocycles. The minimum atomic E-state index is -3.82. The number of hydrogen-bond donors (Lipinski definition) is 1. The summed E-state index contributed by atoms with van der Waals surface area (Å²) in [6.07, 6.45) is 2.96. The molecule has 2 aromatic heterocycles. The van der Waals surface area contributed by atoms with Crippen LogP contribution < -0.4 is 11.2 Å². The van der Waals surface area contributed by atoms with Gasteiger partial charge in [0.15, 0.2) is 5.65 Å². The molecule has 0 bridgehead atoms. The fourth-order valence-electron chi connectivity index (χ4n) is 3.23. The molecule has 0 spiro atoms. The van der Waals surface area contributed by atoms with Crippen LogP contribution in [0.25, 0.3) is 11.0 Å². The molecule has 0 unspecified atom stereocenters. The van der Waals surface area contributed by atoms with E-state index in [1.165, 1.54) is 6.20 Å². The lowest BCUT2D eigenvalue weighted by atomic mass is 9.80. The van der Waals surface area contributed by atoms with Gasteiger partial charge in [0, 0.05) is 23.2 Å². The van der Waals surface area contributed by atoms with E-state index in [9.17, 15) is 8.42 Å². The topological polar surface area (TPSA) is 96.4 Å². The highest BCUT2D eigenvalue weighted by Crippen LogP contribution is 2.36. The van der Waals surface area contributed by atoms with E-state index >= 15 is 0 Å². The molecule has 7 nitrogen and oxygen atoms in total. The van der Waals surface area contributed by atoms with Crippen molar-refractivity contribution in [1.82, 2.24) is 8.96 Å². The summed E-state index contributed by atoms with van der Waals surface area (Å²) in [5.41, 5.74) is 7.42. The summed E-state index contributed by atoms with van der Waals surface area (Å²) >= 11 is 0. The molecule has 1 saturated heterocycles. The van der Waals surface area contributed by atoms with Crippen molar-refractivity contribution >= 4 is 39.3 Å². The summed E-state index contributed by atoms with van der Waals surface area (Å²) in [7, 11) is -4.42. The van der Waals surface area contributed by atoms with E-state index in [1.807, 2.05) is 34.6 Å². The third-order valence-corrected chi connectivity index (χ3v) is 7.43. The van der Waals surface area contributed by atoms with Crippen molar-refractivity contribution in [2.45, 2.75) is 50.7 Å². The van der Waals surface area contributed by atoms with Gasteiger partial charge in [0.2, 0.25) is 0 Å². The maximum absolute atomic E-state index is 13.1. The van der Waals surface area contributed by atoms with E-state index in [4.69, 9.17) is 15.0 Å². The molecular formula is C20H24BN3O4S. The molecule has 9 heteroatoms. The van der Waals surface area contributed by atoms with Crippen LogP contribution in [0.2, 0.25) is 0 Å². The summed E-state index contributed by atoms with van der Waals surface area (Å²) in [6, 6.07) is 8.44. The first-order valence-corrected chi connectivity index (χ1v) is 10.8. The predicted molar refractivity (Wildman–Crippen MR) is 114 cm³/mol. The lowest BCUT2D eigenvalue weighted by molar-refractivity contribution is 0.00578. The van der Waals surface area contributed by atoms with Gasteiger partial charge in [-0.05, 0) is 52.8 Å². The quantitative estimate of drug-likeness (QED) is 0.663. The number of aryl methyl sites for hydroxylation is 1. The average Bonchev–Trinajstić information content (AvgIpc) is 3.08. The number of nitrogen functional groups attached to an aromatic ring is 1. The molecule has 0 aliphatic carbocycles. The molecule has 0 saturated carbocycles. The molecule has 1 aliphatic heterocycles. The fourth-order valence-corrected chi connectivity index (χ4v) is 4.57. The van der Waals surface area contributed by atoms with Crippen LogP contribution in [0, 0.1) is 6.92 Å². The molecular weight excluding hydrogens is 389 g/mol. The molecule has 4 rings (SSSR count). The maximum atomic E-state index is 13.1. The number of hydrogen-bond acceptors (Lipinski definition) is 6. The van der Waals surface area contributed by atoms with Gasteiger partial charge >= 0.3 is 7.12 Å². The van der Waals surface area contributed by atoms with E-state index < -0.39 is 28.3 Å². The minimum Gasteiger partial charge on any atom is -0.399 e. The van der Waals surface area contributed by atoms with Gasteiger partial charge in [0.25, 0.3) is 10.0 Å². The number of aromatic nitrogens is 2. The van der Waals surface area contributed by atoms with Crippen LogP contribution in [-0.4, -0.2) is 35.7 Å². The second kappa shape index (κ2) is 6.32. The molecule has 152 valence electrons. The first kappa shape index (κ1) is 19.9. The van der Waals surface area contributed by atoms with Gasteiger partial charge in [-0.25, -0.2) is 17.4 Å². The zero-order valence-corrected chi connectivity index (χ0v) is 17.9. The third kappa shape index (κ3) is 3.13.